The summed E-state index contributed by atoms with van der Waals surface area (Å²) in [5.74, 6) is 1.43. The quantitative estimate of drug-likeness (QED) is 0.142. The van der Waals surface area contributed by atoms with Gasteiger partial charge in [-0.3, -0.25) is 0 Å². The zero-order chi connectivity index (χ0) is 26.6. The van der Waals surface area contributed by atoms with Gasteiger partial charge in [-0.05, 0) is 61.4 Å². The molecule has 2 aromatic carbocycles. The second kappa shape index (κ2) is 19.1. The molecule has 0 unspecified atom stereocenters. The van der Waals surface area contributed by atoms with E-state index >= 15 is 0 Å². The Morgan fingerprint density at radius 2 is 0.757 bits per heavy atom. The predicted octanol–water partition coefficient (Wildman–Crippen LogP) is 9.56. The van der Waals surface area contributed by atoms with Gasteiger partial charge in [0, 0.05) is 0 Å². The molecule has 0 bridgehead atoms. The van der Waals surface area contributed by atoms with Crippen molar-refractivity contribution in [3.05, 3.63) is 48.5 Å². The van der Waals surface area contributed by atoms with Gasteiger partial charge in [-0.1, -0.05) is 104 Å². The molecule has 0 aliphatic heterocycles. The summed E-state index contributed by atoms with van der Waals surface area (Å²) in [6.07, 6.45) is 20.2. The molecule has 0 aliphatic rings. The third-order valence-electron chi connectivity index (χ3n) is 6.80. The molecule has 0 radical (unpaired) electrons. The fourth-order valence-corrected chi connectivity index (χ4v) is 5.68. The molecule has 208 valence electrons. The second-order valence-corrected chi connectivity index (χ2v) is 12.0. The summed E-state index contributed by atoms with van der Waals surface area (Å²) in [4.78, 5) is 0.555. The number of unbranched alkanes of at least 4 members (excludes halogenated alkanes) is 14. The molecule has 2 rings (SSSR count). The van der Waals surface area contributed by atoms with Gasteiger partial charge in [0.15, 0.2) is 0 Å². The van der Waals surface area contributed by atoms with Gasteiger partial charge in [0.2, 0.25) is 9.84 Å². The maximum absolute atomic E-state index is 13.0. The lowest BCUT2D eigenvalue weighted by molar-refractivity contribution is 0.304. The van der Waals surface area contributed by atoms with Crippen LogP contribution in [0, 0.1) is 0 Å². The van der Waals surface area contributed by atoms with Crippen molar-refractivity contribution in [3.8, 4) is 11.5 Å². The Balaban J connectivity index is 1.68. The third kappa shape index (κ3) is 12.9. The van der Waals surface area contributed by atoms with Crippen molar-refractivity contribution >= 4 is 9.84 Å². The molecule has 0 amide bonds. The van der Waals surface area contributed by atoms with E-state index < -0.39 is 9.84 Å². The highest BCUT2D eigenvalue weighted by atomic mass is 32.2. The van der Waals surface area contributed by atoms with Crippen LogP contribution in [0.4, 0.5) is 0 Å². The van der Waals surface area contributed by atoms with Crippen LogP contribution in [0.5, 0.6) is 11.5 Å². The maximum atomic E-state index is 13.0. The van der Waals surface area contributed by atoms with Crippen LogP contribution in [-0.4, -0.2) is 21.6 Å². The number of benzene rings is 2. The van der Waals surface area contributed by atoms with Crippen molar-refractivity contribution in [2.45, 2.75) is 126 Å². The van der Waals surface area contributed by atoms with E-state index in [2.05, 4.69) is 13.8 Å². The number of sulfone groups is 1. The molecular weight excluding hydrogens is 480 g/mol. The Kier molecular flexibility index (Phi) is 16.1. The number of hydrogen-bond donors (Lipinski definition) is 0. The van der Waals surface area contributed by atoms with Gasteiger partial charge in [-0.25, -0.2) is 8.42 Å². The van der Waals surface area contributed by atoms with Gasteiger partial charge >= 0.3 is 0 Å². The van der Waals surface area contributed by atoms with Gasteiger partial charge in [-0.15, -0.1) is 0 Å². The molecule has 37 heavy (non-hydrogen) atoms. The summed E-state index contributed by atoms with van der Waals surface area (Å²) in [6, 6.07) is 13.5. The van der Waals surface area contributed by atoms with Gasteiger partial charge in [0.25, 0.3) is 0 Å². The zero-order valence-electron chi connectivity index (χ0n) is 23.4. The predicted molar refractivity (Wildman–Crippen MR) is 155 cm³/mol. The van der Waals surface area contributed by atoms with Crippen molar-refractivity contribution in [3.63, 3.8) is 0 Å². The Morgan fingerprint density at radius 1 is 0.459 bits per heavy atom. The minimum absolute atomic E-state index is 0.277. The first-order valence-electron chi connectivity index (χ1n) is 14.8. The van der Waals surface area contributed by atoms with Crippen molar-refractivity contribution in [1.82, 2.24) is 0 Å². The topological polar surface area (TPSA) is 52.6 Å². The maximum Gasteiger partial charge on any atom is 0.206 e. The lowest BCUT2D eigenvalue weighted by Gasteiger charge is -2.10. The largest absolute Gasteiger partial charge is 0.494 e. The Morgan fingerprint density at radius 3 is 1.08 bits per heavy atom. The van der Waals surface area contributed by atoms with Gasteiger partial charge < -0.3 is 9.47 Å². The van der Waals surface area contributed by atoms with Crippen LogP contribution in [0.2, 0.25) is 0 Å². The van der Waals surface area contributed by atoms with Crippen molar-refractivity contribution < 1.29 is 17.9 Å². The van der Waals surface area contributed by atoms with Gasteiger partial charge in [0.1, 0.15) is 11.5 Å². The molecule has 0 spiro atoms. The number of ether oxygens (including phenoxy) is 2. The van der Waals surface area contributed by atoms with E-state index in [9.17, 15) is 8.42 Å². The first-order chi connectivity index (χ1) is 18.1. The molecule has 2 aromatic rings. The van der Waals surface area contributed by atoms with E-state index in [1.807, 2.05) is 0 Å². The molecule has 0 fully saturated rings. The zero-order valence-corrected chi connectivity index (χ0v) is 24.2. The van der Waals surface area contributed by atoms with Crippen LogP contribution in [0.3, 0.4) is 0 Å². The molecule has 0 N–H and O–H groups in total. The smallest absolute Gasteiger partial charge is 0.206 e. The number of rotatable bonds is 22. The Hall–Kier alpha value is -2.01. The number of hydrogen-bond acceptors (Lipinski definition) is 4. The standard InChI is InChI=1S/C32H50O4S/c1-3-5-7-9-11-13-15-17-27-35-29-19-23-31(24-20-29)37(33,34)32-25-21-30(22-26-32)36-28-18-16-14-12-10-8-6-4-2/h19-26H,3-18,27-28H2,1-2H3. The minimum atomic E-state index is -3.57. The first kappa shape index (κ1) is 31.2. The summed E-state index contributed by atoms with van der Waals surface area (Å²) < 4.78 is 37.7. The lowest BCUT2D eigenvalue weighted by atomic mass is 10.1. The van der Waals surface area contributed by atoms with Gasteiger partial charge in [-0.2, -0.15) is 0 Å². The lowest BCUT2D eigenvalue weighted by Crippen LogP contribution is -2.03. The molecule has 5 heteroatoms. The van der Waals surface area contributed by atoms with E-state index in [1.165, 1.54) is 89.9 Å². The summed E-state index contributed by atoms with van der Waals surface area (Å²) >= 11 is 0. The van der Waals surface area contributed by atoms with Crippen molar-refractivity contribution in [2.24, 2.45) is 0 Å². The average Bonchev–Trinajstić information content (AvgIpc) is 2.92. The Labute approximate surface area is 227 Å². The Bertz CT molecular complexity index is 849. The summed E-state index contributed by atoms with van der Waals surface area (Å²) in [5, 5.41) is 0. The minimum Gasteiger partial charge on any atom is -0.494 e. The van der Waals surface area contributed by atoms with Crippen LogP contribution < -0.4 is 9.47 Å². The molecule has 4 nitrogen and oxygen atoms in total. The molecule has 0 aliphatic carbocycles. The fourth-order valence-electron chi connectivity index (χ4n) is 4.42. The summed E-state index contributed by atoms with van der Waals surface area (Å²) in [5.41, 5.74) is 0. The van der Waals surface area contributed by atoms with E-state index in [0.29, 0.717) is 24.7 Å². The van der Waals surface area contributed by atoms with Crippen molar-refractivity contribution in [2.75, 3.05) is 13.2 Å². The highest BCUT2D eigenvalue weighted by molar-refractivity contribution is 7.91. The highest BCUT2D eigenvalue weighted by Crippen LogP contribution is 2.25. The molecular formula is C32H50O4S. The second-order valence-electron chi connectivity index (χ2n) is 10.1. The van der Waals surface area contributed by atoms with Crippen LogP contribution in [-0.2, 0) is 9.84 Å². The van der Waals surface area contributed by atoms with Crippen LogP contribution in [0.25, 0.3) is 0 Å². The van der Waals surface area contributed by atoms with E-state index in [4.69, 9.17) is 9.47 Å². The molecule has 0 saturated heterocycles. The monoisotopic (exact) mass is 530 g/mol. The van der Waals surface area contributed by atoms with E-state index in [-0.39, 0.29) is 9.79 Å². The molecule has 0 aromatic heterocycles. The van der Waals surface area contributed by atoms with Crippen LogP contribution in [0.1, 0.15) is 117 Å². The average molecular weight is 531 g/mol. The molecule has 0 heterocycles. The summed E-state index contributed by atoms with van der Waals surface area (Å²) in [7, 11) is -3.57. The van der Waals surface area contributed by atoms with Crippen LogP contribution in [0.15, 0.2) is 58.3 Å². The van der Waals surface area contributed by atoms with Gasteiger partial charge in [0.05, 0.1) is 23.0 Å². The first-order valence-corrected chi connectivity index (χ1v) is 16.3. The fraction of sp³-hybridized carbons (Fsp3) is 0.625. The van der Waals surface area contributed by atoms with E-state index in [1.54, 1.807) is 48.5 Å². The summed E-state index contributed by atoms with van der Waals surface area (Å²) in [6.45, 7) is 5.82. The SMILES string of the molecule is CCCCCCCCCCOc1ccc(S(=O)(=O)c2ccc(OCCCCCCCCCC)cc2)cc1. The van der Waals surface area contributed by atoms with Crippen LogP contribution >= 0.6 is 0 Å². The molecule has 0 saturated carbocycles. The van der Waals surface area contributed by atoms with E-state index in [0.717, 1.165) is 12.8 Å². The van der Waals surface area contributed by atoms with Crippen molar-refractivity contribution in [1.29, 1.82) is 0 Å². The third-order valence-corrected chi connectivity index (χ3v) is 8.59. The normalized spacial score (nSPS) is 11.5. The molecule has 0 atom stereocenters. The highest BCUT2D eigenvalue weighted by Gasteiger charge is 2.17.